The summed E-state index contributed by atoms with van der Waals surface area (Å²) in [5.41, 5.74) is -0.800. The van der Waals surface area contributed by atoms with E-state index in [1.807, 2.05) is 4.90 Å². The molecule has 1 atom stereocenters. The Morgan fingerprint density at radius 2 is 2.12 bits per heavy atom. The molecule has 0 amide bonds. The maximum absolute atomic E-state index is 13.0. The van der Waals surface area contributed by atoms with Gasteiger partial charge in [0.1, 0.15) is 16.7 Å². The molecule has 0 saturated carbocycles. The second-order valence-electron chi connectivity index (χ2n) is 5.28. The van der Waals surface area contributed by atoms with Crippen LogP contribution in [0.2, 0.25) is 0 Å². The second-order valence-corrected chi connectivity index (χ2v) is 6.29. The third kappa shape index (κ3) is 3.45. The predicted molar refractivity (Wildman–Crippen MR) is 81.8 cm³/mol. The van der Waals surface area contributed by atoms with Crippen LogP contribution in [0.4, 0.5) is 18.3 Å². The van der Waals surface area contributed by atoms with Gasteiger partial charge in [0.15, 0.2) is 5.13 Å². The Labute approximate surface area is 139 Å². The third-order valence-electron chi connectivity index (χ3n) is 3.61. The monoisotopic (exact) mass is 358 g/mol. The van der Waals surface area contributed by atoms with Gasteiger partial charge in [0, 0.05) is 13.0 Å². The number of benzene rings is 1. The number of carbonyl (C=O) groups is 1. The lowest BCUT2D eigenvalue weighted by Gasteiger charge is -2.19. The molecular weight excluding hydrogens is 345 g/mol. The third-order valence-corrected chi connectivity index (χ3v) is 4.65. The minimum absolute atomic E-state index is 0.122. The number of para-hydroxylation sites is 1. The van der Waals surface area contributed by atoms with Crippen LogP contribution in [-0.2, 0) is 6.18 Å². The van der Waals surface area contributed by atoms with Crippen molar-refractivity contribution < 1.29 is 27.8 Å². The van der Waals surface area contributed by atoms with Gasteiger partial charge < -0.3 is 14.7 Å². The number of carboxylic acid groups (broad SMARTS) is 1. The molecule has 0 spiro atoms. The molecule has 1 aliphatic heterocycles. The number of nitrogens with zero attached hydrogens (tertiary/aromatic N) is 2. The van der Waals surface area contributed by atoms with Crippen LogP contribution in [-0.4, -0.2) is 35.3 Å². The van der Waals surface area contributed by atoms with Crippen molar-refractivity contribution in [1.29, 1.82) is 0 Å². The molecule has 5 nitrogen and oxygen atoms in total. The summed E-state index contributed by atoms with van der Waals surface area (Å²) in [6.07, 6.45) is -3.07. The van der Waals surface area contributed by atoms with Crippen LogP contribution in [0.25, 0.3) is 0 Å². The summed E-state index contributed by atoms with van der Waals surface area (Å²) in [6.45, 7) is 0.907. The molecule has 128 valence electrons. The maximum Gasteiger partial charge on any atom is 0.419 e. The van der Waals surface area contributed by atoms with Crippen molar-refractivity contribution in [2.45, 2.75) is 18.7 Å². The summed E-state index contributed by atoms with van der Waals surface area (Å²) < 4.78 is 44.5. The minimum atomic E-state index is -4.47. The highest BCUT2D eigenvalue weighted by Crippen LogP contribution is 2.37. The van der Waals surface area contributed by atoms with Gasteiger partial charge in [0.25, 0.3) is 0 Å². The van der Waals surface area contributed by atoms with Crippen molar-refractivity contribution in [1.82, 2.24) is 4.98 Å². The quantitative estimate of drug-likeness (QED) is 0.906. The van der Waals surface area contributed by atoms with Crippen molar-refractivity contribution in [3.05, 3.63) is 40.9 Å². The van der Waals surface area contributed by atoms with E-state index in [-0.39, 0.29) is 10.6 Å². The van der Waals surface area contributed by atoms with Gasteiger partial charge in [-0.3, -0.25) is 0 Å². The largest absolute Gasteiger partial charge is 0.488 e. The van der Waals surface area contributed by atoms with Gasteiger partial charge in [0.2, 0.25) is 0 Å². The fourth-order valence-electron chi connectivity index (χ4n) is 2.49. The Kier molecular flexibility index (Phi) is 4.35. The first-order valence-corrected chi connectivity index (χ1v) is 7.93. The summed E-state index contributed by atoms with van der Waals surface area (Å²) in [5, 5.41) is 9.45. The standard InChI is InChI=1S/C15H13F3N2O3S/c16-15(17,18)10-3-1-2-4-11(10)23-9-5-6-20(8-9)14-19-7-12(24-14)13(21)22/h1-4,7,9H,5-6,8H2,(H,21,22). The van der Waals surface area contributed by atoms with Crippen LogP contribution in [0.3, 0.4) is 0 Å². The fourth-order valence-corrected chi connectivity index (χ4v) is 3.28. The Balaban J connectivity index is 1.70. The summed E-state index contributed by atoms with van der Waals surface area (Å²) in [4.78, 5) is 16.9. The highest BCUT2D eigenvalue weighted by atomic mass is 32.1. The zero-order chi connectivity index (χ0) is 17.3. The molecule has 9 heteroatoms. The zero-order valence-electron chi connectivity index (χ0n) is 12.3. The Hall–Kier alpha value is -2.29. The number of thiazole rings is 1. The number of rotatable bonds is 4. The number of hydrogen-bond acceptors (Lipinski definition) is 5. The minimum Gasteiger partial charge on any atom is -0.488 e. The number of aromatic nitrogens is 1. The maximum atomic E-state index is 13.0. The molecule has 1 aromatic heterocycles. The lowest BCUT2D eigenvalue weighted by atomic mass is 10.2. The lowest BCUT2D eigenvalue weighted by Crippen LogP contribution is -2.25. The average Bonchev–Trinajstić information content (AvgIpc) is 3.15. The Morgan fingerprint density at radius 3 is 2.79 bits per heavy atom. The number of ether oxygens (including phenoxy) is 1. The molecule has 1 unspecified atom stereocenters. The first kappa shape index (κ1) is 16.6. The summed E-state index contributed by atoms with van der Waals surface area (Å²) in [7, 11) is 0. The first-order valence-electron chi connectivity index (χ1n) is 7.11. The van der Waals surface area contributed by atoms with E-state index in [4.69, 9.17) is 9.84 Å². The zero-order valence-corrected chi connectivity index (χ0v) is 13.1. The number of anilines is 1. The normalized spacial score (nSPS) is 18.0. The van der Waals surface area contributed by atoms with Gasteiger partial charge in [-0.25, -0.2) is 9.78 Å². The molecule has 1 aliphatic rings. The van der Waals surface area contributed by atoms with E-state index in [1.54, 1.807) is 0 Å². The van der Waals surface area contributed by atoms with Gasteiger partial charge in [-0.15, -0.1) is 0 Å². The fraction of sp³-hybridized carbons (Fsp3) is 0.333. The molecule has 0 bridgehead atoms. The second kappa shape index (κ2) is 6.31. The molecule has 1 N–H and O–H groups in total. The Morgan fingerprint density at radius 1 is 1.38 bits per heavy atom. The SMILES string of the molecule is O=C(O)c1cnc(N2CCC(Oc3ccccc3C(F)(F)F)C2)s1. The van der Waals surface area contributed by atoms with Crippen molar-refractivity contribution in [2.24, 2.45) is 0 Å². The predicted octanol–water partition coefficient (Wildman–Crippen LogP) is 3.52. The van der Waals surface area contributed by atoms with Crippen LogP contribution >= 0.6 is 11.3 Å². The molecule has 2 heterocycles. The number of halogens is 3. The molecule has 0 aliphatic carbocycles. The molecule has 1 saturated heterocycles. The molecule has 1 aromatic carbocycles. The van der Waals surface area contributed by atoms with Crippen LogP contribution in [0.15, 0.2) is 30.5 Å². The average molecular weight is 358 g/mol. The molecule has 24 heavy (non-hydrogen) atoms. The summed E-state index contributed by atoms with van der Waals surface area (Å²) in [6, 6.07) is 5.11. The molecule has 3 rings (SSSR count). The number of alkyl halides is 3. The van der Waals surface area contributed by atoms with Gasteiger partial charge in [0.05, 0.1) is 18.3 Å². The smallest absolute Gasteiger partial charge is 0.419 e. The van der Waals surface area contributed by atoms with Crippen LogP contribution < -0.4 is 9.64 Å². The highest BCUT2D eigenvalue weighted by Gasteiger charge is 2.35. The van der Waals surface area contributed by atoms with E-state index in [9.17, 15) is 18.0 Å². The molecule has 2 aromatic rings. The van der Waals surface area contributed by atoms with Gasteiger partial charge in [-0.2, -0.15) is 13.2 Å². The topological polar surface area (TPSA) is 62.7 Å². The summed E-state index contributed by atoms with van der Waals surface area (Å²) >= 11 is 1.03. The van der Waals surface area contributed by atoms with Crippen LogP contribution in [0.5, 0.6) is 5.75 Å². The molecular formula is C15H13F3N2O3S. The number of hydrogen-bond donors (Lipinski definition) is 1. The van der Waals surface area contributed by atoms with E-state index < -0.39 is 23.8 Å². The highest BCUT2D eigenvalue weighted by molar-refractivity contribution is 7.17. The summed E-state index contributed by atoms with van der Waals surface area (Å²) in [5.74, 6) is -1.24. The number of aromatic carboxylic acids is 1. The van der Waals surface area contributed by atoms with Crippen molar-refractivity contribution in [2.75, 3.05) is 18.0 Å². The van der Waals surface area contributed by atoms with Crippen LogP contribution in [0.1, 0.15) is 21.7 Å². The van der Waals surface area contributed by atoms with Gasteiger partial charge >= 0.3 is 12.1 Å². The molecule has 1 fully saturated rings. The van der Waals surface area contributed by atoms with Crippen molar-refractivity contribution in [3.63, 3.8) is 0 Å². The Bertz CT molecular complexity index is 748. The van der Waals surface area contributed by atoms with Crippen molar-refractivity contribution >= 4 is 22.4 Å². The first-order chi connectivity index (χ1) is 11.3. The van der Waals surface area contributed by atoms with E-state index >= 15 is 0 Å². The molecule has 0 radical (unpaired) electrons. The van der Waals surface area contributed by atoms with Gasteiger partial charge in [-0.05, 0) is 12.1 Å². The van der Waals surface area contributed by atoms with Crippen molar-refractivity contribution in [3.8, 4) is 5.75 Å². The van der Waals surface area contributed by atoms with E-state index in [2.05, 4.69) is 4.98 Å². The van der Waals surface area contributed by atoms with Crippen LogP contribution in [0, 0.1) is 0 Å². The van der Waals surface area contributed by atoms with E-state index in [0.717, 1.165) is 17.4 Å². The van der Waals surface area contributed by atoms with E-state index in [0.29, 0.717) is 24.6 Å². The van der Waals surface area contributed by atoms with E-state index in [1.165, 1.54) is 24.4 Å². The lowest BCUT2D eigenvalue weighted by molar-refractivity contribution is -0.139. The van der Waals surface area contributed by atoms with Gasteiger partial charge in [-0.1, -0.05) is 23.5 Å². The number of carboxylic acids is 1.